The van der Waals surface area contributed by atoms with Gasteiger partial charge in [-0.25, -0.2) is 8.42 Å². The van der Waals surface area contributed by atoms with Crippen LogP contribution in [0.15, 0.2) is 42.5 Å². The quantitative estimate of drug-likeness (QED) is 0.434. The van der Waals surface area contributed by atoms with Crippen molar-refractivity contribution in [3.63, 3.8) is 0 Å². The summed E-state index contributed by atoms with van der Waals surface area (Å²) in [6, 6.07) is 10.6. The molecule has 0 saturated carbocycles. The molecule has 11 heteroatoms. The van der Waals surface area contributed by atoms with Gasteiger partial charge in [0.15, 0.2) is 0 Å². The molecule has 0 saturated heterocycles. The number of nitrogens with zero attached hydrogens (tertiary/aromatic N) is 2. The third-order valence-electron chi connectivity index (χ3n) is 5.24. The zero-order valence-corrected chi connectivity index (χ0v) is 22.6. The molecule has 0 radical (unpaired) electrons. The lowest BCUT2D eigenvalue weighted by molar-refractivity contribution is -0.140. The van der Waals surface area contributed by atoms with Crippen LogP contribution in [0, 0.1) is 0 Å². The average Bonchev–Trinajstić information content (AvgIpc) is 2.79. The zero-order valence-electron chi connectivity index (χ0n) is 20.3. The van der Waals surface area contributed by atoms with Crippen molar-refractivity contribution in [2.45, 2.75) is 39.3 Å². The Morgan fingerprint density at radius 3 is 2.29 bits per heavy atom. The molecule has 192 valence electrons. The van der Waals surface area contributed by atoms with E-state index in [0.29, 0.717) is 18.7 Å². The number of nitrogens with one attached hydrogen (secondary N) is 1. The second kappa shape index (κ2) is 13.0. The van der Waals surface area contributed by atoms with E-state index in [-0.39, 0.29) is 28.2 Å². The minimum absolute atomic E-state index is 0.0853. The molecule has 0 bridgehead atoms. The summed E-state index contributed by atoms with van der Waals surface area (Å²) >= 11 is 12.2. The predicted molar refractivity (Wildman–Crippen MR) is 140 cm³/mol. The van der Waals surface area contributed by atoms with E-state index in [0.717, 1.165) is 22.5 Å². The Labute approximate surface area is 217 Å². The lowest BCUT2D eigenvalue weighted by atomic mass is 10.1. The first-order valence-corrected chi connectivity index (χ1v) is 13.7. The van der Waals surface area contributed by atoms with Gasteiger partial charge in [0.25, 0.3) is 0 Å². The molecule has 0 spiro atoms. The van der Waals surface area contributed by atoms with E-state index in [2.05, 4.69) is 5.32 Å². The van der Waals surface area contributed by atoms with E-state index in [1.54, 1.807) is 25.1 Å². The van der Waals surface area contributed by atoms with Gasteiger partial charge in [-0.1, -0.05) is 49.2 Å². The number of hydrogen-bond acceptors (Lipinski definition) is 5. The van der Waals surface area contributed by atoms with Crippen molar-refractivity contribution >= 4 is 50.7 Å². The zero-order chi connectivity index (χ0) is 26.2. The molecule has 2 rings (SSSR count). The Balaban J connectivity index is 2.47. The highest BCUT2D eigenvalue weighted by Gasteiger charge is 2.31. The average molecular weight is 545 g/mol. The van der Waals surface area contributed by atoms with Gasteiger partial charge in [-0.15, -0.1) is 0 Å². The number of halogens is 2. The number of amides is 2. The van der Waals surface area contributed by atoms with Crippen LogP contribution in [0.3, 0.4) is 0 Å². The molecule has 0 heterocycles. The summed E-state index contributed by atoms with van der Waals surface area (Å²) in [4.78, 5) is 28.0. The minimum atomic E-state index is -3.88. The first kappa shape index (κ1) is 28.7. The number of anilines is 1. The number of hydrogen-bond donors (Lipinski definition) is 1. The second-order valence-electron chi connectivity index (χ2n) is 7.99. The van der Waals surface area contributed by atoms with E-state index in [1.807, 2.05) is 13.0 Å². The fraction of sp³-hybridized carbons (Fsp3) is 0.417. The minimum Gasteiger partial charge on any atom is -0.497 e. The Morgan fingerprint density at radius 1 is 1.09 bits per heavy atom. The van der Waals surface area contributed by atoms with Crippen LogP contribution in [0.4, 0.5) is 5.69 Å². The summed E-state index contributed by atoms with van der Waals surface area (Å²) in [6.45, 7) is 3.75. The number of rotatable bonds is 12. The van der Waals surface area contributed by atoms with E-state index in [4.69, 9.17) is 27.9 Å². The Bertz CT molecular complexity index is 1120. The molecule has 0 aromatic heterocycles. The van der Waals surface area contributed by atoms with Gasteiger partial charge in [-0.3, -0.25) is 13.9 Å². The topological polar surface area (TPSA) is 96.0 Å². The lowest BCUT2D eigenvalue weighted by Gasteiger charge is -2.33. The number of benzene rings is 2. The van der Waals surface area contributed by atoms with Crippen molar-refractivity contribution in [1.29, 1.82) is 0 Å². The van der Waals surface area contributed by atoms with Gasteiger partial charge in [-0.2, -0.15) is 0 Å². The molecule has 0 aliphatic heterocycles. The van der Waals surface area contributed by atoms with Gasteiger partial charge in [0.1, 0.15) is 18.3 Å². The van der Waals surface area contributed by atoms with Crippen LogP contribution in [-0.4, -0.2) is 57.6 Å². The number of carbonyl (C=O) groups is 2. The van der Waals surface area contributed by atoms with Crippen LogP contribution < -0.4 is 14.4 Å². The molecule has 2 amide bonds. The van der Waals surface area contributed by atoms with Crippen molar-refractivity contribution in [3.05, 3.63) is 58.1 Å². The van der Waals surface area contributed by atoms with Crippen molar-refractivity contribution < 1.29 is 22.7 Å². The van der Waals surface area contributed by atoms with E-state index in [1.165, 1.54) is 30.2 Å². The highest BCUT2D eigenvalue weighted by molar-refractivity contribution is 7.92. The monoisotopic (exact) mass is 543 g/mol. The van der Waals surface area contributed by atoms with Crippen molar-refractivity contribution in [3.8, 4) is 5.75 Å². The molecule has 1 N–H and O–H groups in total. The van der Waals surface area contributed by atoms with Crippen molar-refractivity contribution in [2.75, 3.05) is 30.8 Å². The number of methoxy groups -OCH3 is 1. The number of ether oxygens (including phenoxy) is 1. The predicted octanol–water partition coefficient (Wildman–Crippen LogP) is 4.10. The fourth-order valence-corrected chi connectivity index (χ4v) is 4.90. The maximum absolute atomic E-state index is 13.6. The molecule has 0 aliphatic carbocycles. The van der Waals surface area contributed by atoms with Crippen LogP contribution in [-0.2, 0) is 26.2 Å². The summed E-state index contributed by atoms with van der Waals surface area (Å²) in [6.07, 6.45) is 2.07. The molecule has 0 fully saturated rings. The molecule has 0 aliphatic rings. The molecular weight excluding hydrogens is 513 g/mol. The summed E-state index contributed by atoms with van der Waals surface area (Å²) in [7, 11) is -2.35. The van der Waals surface area contributed by atoms with Gasteiger partial charge in [0.2, 0.25) is 21.8 Å². The SMILES string of the molecule is CCCNC(=O)C(CC)N(Cc1cccc(OC)c1)C(=O)CN(c1cc(Cl)cc(Cl)c1)S(C)(=O)=O. The molecule has 2 aromatic rings. The highest BCUT2D eigenvalue weighted by atomic mass is 35.5. The molecule has 1 unspecified atom stereocenters. The van der Waals surface area contributed by atoms with Crippen molar-refractivity contribution in [1.82, 2.24) is 10.2 Å². The van der Waals surface area contributed by atoms with E-state index < -0.39 is 28.5 Å². The number of carbonyl (C=O) groups excluding carboxylic acids is 2. The highest BCUT2D eigenvalue weighted by Crippen LogP contribution is 2.27. The Kier molecular flexibility index (Phi) is 10.7. The first-order valence-electron chi connectivity index (χ1n) is 11.1. The largest absolute Gasteiger partial charge is 0.497 e. The lowest BCUT2D eigenvalue weighted by Crippen LogP contribution is -2.52. The molecular formula is C24H31Cl2N3O5S. The maximum atomic E-state index is 13.6. The molecule has 1 atom stereocenters. The fourth-order valence-electron chi connectivity index (χ4n) is 3.55. The van der Waals surface area contributed by atoms with Gasteiger partial charge < -0.3 is 15.0 Å². The van der Waals surface area contributed by atoms with Crippen LogP contribution in [0.1, 0.15) is 32.3 Å². The van der Waals surface area contributed by atoms with Gasteiger partial charge in [0.05, 0.1) is 19.1 Å². The number of sulfonamides is 1. The second-order valence-corrected chi connectivity index (χ2v) is 10.8. The van der Waals surface area contributed by atoms with Crippen LogP contribution in [0.25, 0.3) is 0 Å². The molecule has 2 aromatic carbocycles. The van der Waals surface area contributed by atoms with Gasteiger partial charge in [0, 0.05) is 23.1 Å². The first-order chi connectivity index (χ1) is 16.5. The third-order valence-corrected chi connectivity index (χ3v) is 6.81. The van der Waals surface area contributed by atoms with E-state index in [9.17, 15) is 18.0 Å². The van der Waals surface area contributed by atoms with Crippen LogP contribution >= 0.6 is 23.2 Å². The summed E-state index contributed by atoms with van der Waals surface area (Å²) < 4.78 is 31.5. The van der Waals surface area contributed by atoms with Gasteiger partial charge >= 0.3 is 0 Å². The van der Waals surface area contributed by atoms with Crippen LogP contribution in [0.5, 0.6) is 5.75 Å². The van der Waals surface area contributed by atoms with Crippen molar-refractivity contribution in [2.24, 2.45) is 0 Å². The normalized spacial score (nSPS) is 12.1. The smallest absolute Gasteiger partial charge is 0.244 e. The maximum Gasteiger partial charge on any atom is 0.244 e. The Hall–Kier alpha value is -2.49. The third kappa shape index (κ3) is 8.30. The molecule has 8 nitrogen and oxygen atoms in total. The summed E-state index contributed by atoms with van der Waals surface area (Å²) in [5.74, 6) is -0.250. The van der Waals surface area contributed by atoms with Gasteiger partial charge in [-0.05, 0) is 48.7 Å². The Morgan fingerprint density at radius 2 is 1.74 bits per heavy atom. The standard InChI is InChI=1S/C24H31Cl2N3O5S/c1-5-10-27-24(31)22(6-2)28(15-17-8-7-9-21(11-17)34-3)23(30)16-29(35(4,32)33)20-13-18(25)12-19(26)14-20/h7-9,11-14,22H,5-6,10,15-16H2,1-4H3,(H,27,31). The summed E-state index contributed by atoms with van der Waals surface area (Å²) in [5.41, 5.74) is 0.888. The van der Waals surface area contributed by atoms with Crippen LogP contribution in [0.2, 0.25) is 10.0 Å². The summed E-state index contributed by atoms with van der Waals surface area (Å²) in [5, 5.41) is 3.29. The molecule has 35 heavy (non-hydrogen) atoms. The van der Waals surface area contributed by atoms with E-state index >= 15 is 0 Å².